The molecule has 0 amide bonds. The number of unbranched alkanes of at least 4 members (excludes halogenated alkanes) is 2. The molecule has 4 nitrogen and oxygen atoms in total. The molecular weight excluding hydrogens is 304 g/mol. The minimum Gasteiger partial charge on any atom is -0.507 e. The predicted octanol–water partition coefficient (Wildman–Crippen LogP) is 4.24. The fraction of sp³-hybridized carbons (Fsp3) is 0.550. The highest BCUT2D eigenvalue weighted by atomic mass is 16.5. The molecule has 0 fully saturated rings. The molecule has 0 saturated carbocycles. The average Bonchev–Trinajstić information content (AvgIpc) is 2.54. The van der Waals surface area contributed by atoms with E-state index in [1.165, 1.54) is 5.57 Å². The number of allylic oxidation sites excluding steroid dienone is 2. The Morgan fingerprint density at radius 2 is 2.12 bits per heavy atom. The summed E-state index contributed by atoms with van der Waals surface area (Å²) in [5.74, 6) is -0.0833. The third-order valence-corrected chi connectivity index (χ3v) is 4.54. The van der Waals surface area contributed by atoms with Gasteiger partial charge < -0.3 is 14.9 Å². The summed E-state index contributed by atoms with van der Waals surface area (Å²) >= 11 is 0. The summed E-state index contributed by atoms with van der Waals surface area (Å²) in [6.07, 6.45) is 9.31. The highest BCUT2D eigenvalue weighted by Crippen LogP contribution is 2.42. The van der Waals surface area contributed by atoms with Gasteiger partial charge in [0, 0.05) is 11.5 Å². The zero-order valence-electron chi connectivity index (χ0n) is 14.7. The van der Waals surface area contributed by atoms with E-state index in [4.69, 9.17) is 9.84 Å². The van der Waals surface area contributed by atoms with Gasteiger partial charge in [0.25, 0.3) is 0 Å². The SMILES string of the molecule is CCCCCc1cc(O)c([C@@H]2C=C(C)CCC2)c(OC(=O)CO)c1. The van der Waals surface area contributed by atoms with E-state index in [1.54, 1.807) is 6.07 Å². The second-order valence-electron chi connectivity index (χ2n) is 6.63. The number of aliphatic hydroxyl groups excluding tert-OH is 1. The van der Waals surface area contributed by atoms with Crippen molar-refractivity contribution >= 4 is 5.97 Å². The standard InChI is InChI=1S/C20H28O4/c1-3-4-5-8-15-11-17(22)20(16-9-6-7-14(2)10-16)18(12-15)24-19(23)13-21/h10-12,16,21-22H,3-9,13H2,1-2H3/t16-/m0/s1. The normalized spacial score (nSPS) is 17.5. The van der Waals surface area contributed by atoms with Crippen molar-refractivity contribution in [2.75, 3.05) is 6.61 Å². The summed E-state index contributed by atoms with van der Waals surface area (Å²) in [4.78, 5) is 11.6. The molecule has 1 atom stereocenters. The number of phenolic OH excluding ortho intramolecular Hbond substituents is 1. The number of hydrogen-bond acceptors (Lipinski definition) is 4. The number of rotatable bonds is 7. The van der Waals surface area contributed by atoms with E-state index in [0.29, 0.717) is 11.3 Å². The molecule has 0 heterocycles. The molecule has 24 heavy (non-hydrogen) atoms. The van der Waals surface area contributed by atoms with E-state index >= 15 is 0 Å². The van der Waals surface area contributed by atoms with Gasteiger partial charge in [-0.3, -0.25) is 0 Å². The van der Waals surface area contributed by atoms with E-state index in [-0.39, 0.29) is 11.7 Å². The Morgan fingerprint density at radius 3 is 2.79 bits per heavy atom. The van der Waals surface area contributed by atoms with Gasteiger partial charge >= 0.3 is 5.97 Å². The summed E-state index contributed by atoms with van der Waals surface area (Å²) in [5, 5.41) is 19.6. The first kappa shape index (κ1) is 18.5. The number of aliphatic hydroxyl groups is 1. The smallest absolute Gasteiger partial charge is 0.337 e. The lowest BCUT2D eigenvalue weighted by atomic mass is 9.84. The number of esters is 1. The largest absolute Gasteiger partial charge is 0.507 e. The molecule has 4 heteroatoms. The van der Waals surface area contributed by atoms with Crippen LogP contribution in [0.15, 0.2) is 23.8 Å². The van der Waals surface area contributed by atoms with Crippen molar-refractivity contribution in [1.29, 1.82) is 0 Å². The fourth-order valence-corrected chi connectivity index (χ4v) is 3.34. The van der Waals surface area contributed by atoms with E-state index in [2.05, 4.69) is 19.9 Å². The molecule has 0 aromatic heterocycles. The molecule has 0 spiro atoms. The number of benzene rings is 1. The number of aromatic hydroxyl groups is 1. The van der Waals surface area contributed by atoms with Gasteiger partial charge in [-0.05, 0) is 56.7 Å². The summed E-state index contributed by atoms with van der Waals surface area (Å²) in [5.41, 5.74) is 2.91. The number of aryl methyl sites for hydroxylation is 1. The molecule has 1 aromatic rings. The number of phenols is 1. The predicted molar refractivity (Wildman–Crippen MR) is 94.4 cm³/mol. The quantitative estimate of drug-likeness (QED) is 0.339. The molecular formula is C20H28O4. The van der Waals surface area contributed by atoms with Crippen molar-refractivity contribution < 1.29 is 19.7 Å². The van der Waals surface area contributed by atoms with Gasteiger partial charge in [-0.1, -0.05) is 31.4 Å². The molecule has 0 aliphatic heterocycles. The van der Waals surface area contributed by atoms with Gasteiger partial charge in [0.15, 0.2) is 0 Å². The first-order valence-electron chi connectivity index (χ1n) is 8.89. The second kappa shape index (κ2) is 8.88. The topological polar surface area (TPSA) is 66.8 Å². The third kappa shape index (κ3) is 4.84. The zero-order valence-corrected chi connectivity index (χ0v) is 14.7. The second-order valence-corrected chi connectivity index (χ2v) is 6.63. The van der Waals surface area contributed by atoms with Crippen molar-refractivity contribution in [3.8, 4) is 11.5 Å². The number of carbonyl (C=O) groups is 1. The van der Waals surface area contributed by atoms with Crippen molar-refractivity contribution in [3.05, 3.63) is 34.9 Å². The average molecular weight is 332 g/mol. The van der Waals surface area contributed by atoms with Crippen LogP contribution >= 0.6 is 0 Å². The van der Waals surface area contributed by atoms with Crippen LogP contribution in [0.1, 0.15) is 69.4 Å². The Labute approximate surface area is 144 Å². The summed E-state index contributed by atoms with van der Waals surface area (Å²) in [7, 11) is 0. The van der Waals surface area contributed by atoms with E-state index in [9.17, 15) is 9.90 Å². The number of hydrogen-bond donors (Lipinski definition) is 2. The molecule has 0 bridgehead atoms. The van der Waals surface area contributed by atoms with Crippen molar-refractivity contribution in [1.82, 2.24) is 0 Å². The van der Waals surface area contributed by atoms with Crippen molar-refractivity contribution in [2.45, 2.75) is 64.7 Å². The molecule has 1 aromatic carbocycles. The van der Waals surface area contributed by atoms with Crippen LogP contribution in [0.25, 0.3) is 0 Å². The first-order valence-corrected chi connectivity index (χ1v) is 8.89. The lowest BCUT2D eigenvalue weighted by Gasteiger charge is -2.23. The number of ether oxygens (including phenoxy) is 1. The van der Waals surface area contributed by atoms with Crippen LogP contribution in [0.3, 0.4) is 0 Å². The van der Waals surface area contributed by atoms with Gasteiger partial charge in [-0.2, -0.15) is 0 Å². The van der Waals surface area contributed by atoms with Crippen LogP contribution in [0.5, 0.6) is 11.5 Å². The molecule has 0 saturated heterocycles. The molecule has 1 aliphatic carbocycles. The Bertz CT molecular complexity index is 604. The summed E-state index contributed by atoms with van der Waals surface area (Å²) < 4.78 is 5.33. The van der Waals surface area contributed by atoms with Gasteiger partial charge in [0.1, 0.15) is 18.1 Å². The van der Waals surface area contributed by atoms with Gasteiger partial charge in [-0.15, -0.1) is 0 Å². The van der Waals surface area contributed by atoms with Crippen molar-refractivity contribution in [3.63, 3.8) is 0 Å². The molecule has 2 N–H and O–H groups in total. The van der Waals surface area contributed by atoms with Crippen LogP contribution in [0, 0.1) is 0 Å². The Hall–Kier alpha value is -1.81. The first-order chi connectivity index (χ1) is 11.5. The van der Waals surface area contributed by atoms with Gasteiger partial charge in [0.05, 0.1) is 0 Å². The highest BCUT2D eigenvalue weighted by Gasteiger charge is 2.23. The van der Waals surface area contributed by atoms with Crippen LogP contribution in [0.4, 0.5) is 0 Å². The maximum absolute atomic E-state index is 11.6. The fourth-order valence-electron chi connectivity index (χ4n) is 3.34. The molecule has 0 unspecified atom stereocenters. The highest BCUT2D eigenvalue weighted by molar-refractivity contribution is 5.74. The molecule has 0 radical (unpaired) electrons. The van der Waals surface area contributed by atoms with Gasteiger partial charge in [-0.25, -0.2) is 4.79 Å². The monoisotopic (exact) mass is 332 g/mol. The van der Waals surface area contributed by atoms with E-state index in [1.807, 2.05) is 6.07 Å². The van der Waals surface area contributed by atoms with E-state index < -0.39 is 12.6 Å². The number of carbonyl (C=O) groups excluding carboxylic acids is 1. The van der Waals surface area contributed by atoms with Crippen molar-refractivity contribution in [2.24, 2.45) is 0 Å². The lowest BCUT2D eigenvalue weighted by Crippen LogP contribution is -2.15. The third-order valence-electron chi connectivity index (χ3n) is 4.54. The zero-order chi connectivity index (χ0) is 17.5. The molecule has 2 rings (SSSR count). The van der Waals surface area contributed by atoms with Crippen LogP contribution < -0.4 is 4.74 Å². The molecule has 1 aliphatic rings. The Morgan fingerprint density at radius 1 is 1.33 bits per heavy atom. The van der Waals surface area contributed by atoms with Crippen LogP contribution in [0.2, 0.25) is 0 Å². The Balaban J connectivity index is 2.36. The lowest BCUT2D eigenvalue weighted by molar-refractivity contribution is -0.137. The van der Waals surface area contributed by atoms with Gasteiger partial charge in [0.2, 0.25) is 0 Å². The summed E-state index contributed by atoms with van der Waals surface area (Å²) in [6.45, 7) is 3.56. The van der Waals surface area contributed by atoms with E-state index in [0.717, 1.165) is 50.5 Å². The maximum Gasteiger partial charge on any atom is 0.337 e. The van der Waals surface area contributed by atoms with Crippen LogP contribution in [-0.2, 0) is 11.2 Å². The Kier molecular flexibility index (Phi) is 6.85. The summed E-state index contributed by atoms with van der Waals surface area (Å²) in [6, 6.07) is 3.63. The minimum atomic E-state index is -0.696. The van der Waals surface area contributed by atoms with Crippen LogP contribution in [-0.4, -0.2) is 22.8 Å². The minimum absolute atomic E-state index is 0.0462. The molecule has 132 valence electrons. The maximum atomic E-state index is 11.6.